The van der Waals surface area contributed by atoms with E-state index in [1.165, 1.54) is 0 Å². The lowest BCUT2D eigenvalue weighted by atomic mass is 9.71. The summed E-state index contributed by atoms with van der Waals surface area (Å²) in [5, 5.41) is 8.70. The third kappa shape index (κ3) is 1.09. The van der Waals surface area contributed by atoms with E-state index in [1.54, 1.807) is 0 Å². The zero-order valence-corrected chi connectivity index (χ0v) is 7.76. The minimum Gasteiger partial charge on any atom is -0.304 e. The predicted molar refractivity (Wildman–Crippen MR) is 44.7 cm³/mol. The molecule has 1 fully saturated rings. The zero-order valence-electron chi connectivity index (χ0n) is 7.76. The summed E-state index contributed by atoms with van der Waals surface area (Å²) >= 11 is 0. The van der Waals surface area contributed by atoms with Crippen molar-refractivity contribution in [1.82, 2.24) is 4.90 Å². The Hall–Kier alpha value is -0.710. The molecule has 1 rings (SSSR count). The summed E-state index contributed by atoms with van der Waals surface area (Å²) < 4.78 is 0. The van der Waals surface area contributed by atoms with Gasteiger partial charge in [-0.2, -0.15) is 5.26 Å². The van der Waals surface area contributed by atoms with Crippen LogP contribution < -0.4 is 0 Å². The highest BCUT2D eigenvalue weighted by atomic mass is 15.3. The lowest BCUT2D eigenvalue weighted by Gasteiger charge is -2.54. The minimum atomic E-state index is 0.100. The van der Waals surface area contributed by atoms with Gasteiger partial charge in [-0.25, -0.2) is 0 Å². The number of nitrogens with zero attached hydrogens (tertiary/aromatic N) is 2. The average Bonchev–Trinajstić information content (AvgIpc) is 1.85. The molecule has 1 saturated heterocycles. The van der Waals surface area contributed by atoms with Crippen LogP contribution in [-0.2, 0) is 0 Å². The van der Waals surface area contributed by atoms with E-state index in [1.807, 2.05) is 4.90 Å². The van der Waals surface area contributed by atoms with E-state index in [2.05, 4.69) is 33.9 Å². The number of nitriles is 1. The summed E-state index contributed by atoms with van der Waals surface area (Å²) in [6, 6.07) is 0. The molecule has 0 bridgehead atoms. The van der Waals surface area contributed by atoms with Crippen molar-refractivity contribution < 1.29 is 0 Å². The highest BCUT2D eigenvalue weighted by Gasteiger charge is 2.47. The summed E-state index contributed by atoms with van der Waals surface area (Å²) in [4.78, 5) is 1.86. The third-order valence-electron chi connectivity index (χ3n) is 2.91. The SMILES string of the molecule is CC(C)C1CN(C#N)C1(C)C. The van der Waals surface area contributed by atoms with Gasteiger partial charge < -0.3 is 4.90 Å². The lowest BCUT2D eigenvalue weighted by Crippen LogP contribution is -2.63. The Morgan fingerprint density at radius 1 is 1.55 bits per heavy atom. The fourth-order valence-corrected chi connectivity index (χ4v) is 1.94. The van der Waals surface area contributed by atoms with Crippen molar-refractivity contribution in [3.05, 3.63) is 0 Å². The molecular weight excluding hydrogens is 136 g/mol. The van der Waals surface area contributed by atoms with E-state index in [9.17, 15) is 0 Å². The van der Waals surface area contributed by atoms with Gasteiger partial charge in [-0.1, -0.05) is 13.8 Å². The van der Waals surface area contributed by atoms with Crippen molar-refractivity contribution >= 4 is 0 Å². The average molecular weight is 152 g/mol. The Kier molecular flexibility index (Phi) is 1.83. The Labute approximate surface area is 68.8 Å². The minimum absolute atomic E-state index is 0.100. The van der Waals surface area contributed by atoms with Crippen molar-refractivity contribution in [2.75, 3.05) is 6.54 Å². The van der Waals surface area contributed by atoms with Crippen LogP contribution in [-0.4, -0.2) is 17.0 Å². The maximum Gasteiger partial charge on any atom is 0.179 e. The van der Waals surface area contributed by atoms with E-state index >= 15 is 0 Å². The molecule has 0 aromatic heterocycles. The molecule has 62 valence electrons. The molecule has 1 heterocycles. The molecule has 0 radical (unpaired) electrons. The van der Waals surface area contributed by atoms with Crippen molar-refractivity contribution in [3.63, 3.8) is 0 Å². The lowest BCUT2D eigenvalue weighted by molar-refractivity contribution is -0.0331. The zero-order chi connectivity index (χ0) is 8.65. The van der Waals surface area contributed by atoms with Crippen LogP contribution in [0.15, 0.2) is 0 Å². The first-order chi connectivity index (χ1) is 5.00. The summed E-state index contributed by atoms with van der Waals surface area (Å²) in [7, 11) is 0. The molecule has 0 N–H and O–H groups in total. The second-order valence-electron chi connectivity index (χ2n) is 4.21. The highest BCUT2D eigenvalue weighted by Crippen LogP contribution is 2.39. The molecule has 0 saturated carbocycles. The van der Waals surface area contributed by atoms with E-state index in [0.717, 1.165) is 6.54 Å². The molecule has 0 aromatic rings. The molecule has 0 aromatic carbocycles. The van der Waals surface area contributed by atoms with Crippen LogP contribution in [0.25, 0.3) is 0 Å². The molecule has 1 unspecified atom stereocenters. The molecule has 0 amide bonds. The smallest absolute Gasteiger partial charge is 0.179 e. The maximum absolute atomic E-state index is 8.70. The first-order valence-corrected chi connectivity index (χ1v) is 4.17. The van der Waals surface area contributed by atoms with Gasteiger partial charge in [0, 0.05) is 18.0 Å². The molecule has 2 heteroatoms. The van der Waals surface area contributed by atoms with Crippen LogP contribution in [0, 0.1) is 23.3 Å². The second-order valence-corrected chi connectivity index (χ2v) is 4.21. The normalized spacial score (nSPS) is 28.0. The van der Waals surface area contributed by atoms with Gasteiger partial charge in [-0.15, -0.1) is 0 Å². The summed E-state index contributed by atoms with van der Waals surface area (Å²) in [6.45, 7) is 9.68. The molecule has 1 aliphatic heterocycles. The summed E-state index contributed by atoms with van der Waals surface area (Å²) in [5.74, 6) is 1.37. The number of hydrogen-bond acceptors (Lipinski definition) is 2. The Balaban J connectivity index is 2.63. The van der Waals surface area contributed by atoms with Crippen molar-refractivity contribution in [2.24, 2.45) is 11.8 Å². The van der Waals surface area contributed by atoms with Crippen LogP contribution >= 0.6 is 0 Å². The Bertz CT molecular complexity index is 188. The summed E-state index contributed by atoms with van der Waals surface area (Å²) in [5.41, 5.74) is 0.100. The van der Waals surface area contributed by atoms with Gasteiger partial charge in [0.2, 0.25) is 0 Å². The maximum atomic E-state index is 8.70. The fraction of sp³-hybridized carbons (Fsp3) is 0.889. The molecule has 11 heavy (non-hydrogen) atoms. The Morgan fingerprint density at radius 3 is 2.36 bits per heavy atom. The van der Waals surface area contributed by atoms with E-state index < -0.39 is 0 Å². The monoisotopic (exact) mass is 152 g/mol. The topological polar surface area (TPSA) is 27.0 Å². The third-order valence-corrected chi connectivity index (χ3v) is 2.91. The van der Waals surface area contributed by atoms with Crippen molar-refractivity contribution in [2.45, 2.75) is 33.2 Å². The van der Waals surface area contributed by atoms with E-state index in [4.69, 9.17) is 5.26 Å². The van der Waals surface area contributed by atoms with Gasteiger partial charge in [0.1, 0.15) is 0 Å². The van der Waals surface area contributed by atoms with Crippen molar-refractivity contribution in [1.29, 1.82) is 5.26 Å². The highest BCUT2D eigenvalue weighted by molar-refractivity contribution is 5.06. The van der Waals surface area contributed by atoms with Gasteiger partial charge in [-0.3, -0.25) is 0 Å². The van der Waals surface area contributed by atoms with Gasteiger partial charge in [-0.05, 0) is 19.8 Å². The Morgan fingerprint density at radius 2 is 2.09 bits per heavy atom. The van der Waals surface area contributed by atoms with Crippen LogP contribution in [0.2, 0.25) is 0 Å². The molecule has 1 aliphatic rings. The number of hydrogen-bond donors (Lipinski definition) is 0. The van der Waals surface area contributed by atoms with Gasteiger partial charge >= 0.3 is 0 Å². The molecule has 1 atom stereocenters. The second kappa shape index (κ2) is 2.41. The standard InChI is InChI=1S/C9H16N2/c1-7(2)8-5-11(6-10)9(8,3)4/h7-8H,5H2,1-4H3. The first kappa shape index (κ1) is 8.39. The van der Waals surface area contributed by atoms with Gasteiger partial charge in [0.15, 0.2) is 6.19 Å². The predicted octanol–water partition coefficient (Wildman–Crippen LogP) is 1.83. The van der Waals surface area contributed by atoms with Gasteiger partial charge in [0.25, 0.3) is 0 Å². The van der Waals surface area contributed by atoms with Crippen LogP contribution in [0.3, 0.4) is 0 Å². The van der Waals surface area contributed by atoms with Crippen molar-refractivity contribution in [3.8, 4) is 6.19 Å². The van der Waals surface area contributed by atoms with E-state index in [-0.39, 0.29) is 5.54 Å². The van der Waals surface area contributed by atoms with Crippen LogP contribution in [0.1, 0.15) is 27.7 Å². The molecule has 2 nitrogen and oxygen atoms in total. The summed E-state index contributed by atoms with van der Waals surface area (Å²) in [6.07, 6.45) is 2.21. The van der Waals surface area contributed by atoms with Crippen LogP contribution in [0.5, 0.6) is 0 Å². The van der Waals surface area contributed by atoms with E-state index in [0.29, 0.717) is 11.8 Å². The number of likely N-dealkylation sites (tertiary alicyclic amines) is 1. The largest absolute Gasteiger partial charge is 0.304 e. The number of rotatable bonds is 1. The first-order valence-electron chi connectivity index (χ1n) is 4.17. The fourth-order valence-electron chi connectivity index (χ4n) is 1.94. The molecule has 0 aliphatic carbocycles. The molecular formula is C9H16N2. The van der Waals surface area contributed by atoms with Gasteiger partial charge in [0.05, 0.1) is 0 Å². The quantitative estimate of drug-likeness (QED) is 0.536. The van der Waals surface area contributed by atoms with Crippen LogP contribution in [0.4, 0.5) is 0 Å². The molecule has 0 spiro atoms.